The number of rotatable bonds is 9. The van der Waals surface area contributed by atoms with Gasteiger partial charge in [0.05, 0.1) is 25.9 Å². The highest BCUT2D eigenvalue weighted by Crippen LogP contribution is 2.28. The van der Waals surface area contributed by atoms with Gasteiger partial charge in [0.15, 0.2) is 0 Å². The Morgan fingerprint density at radius 2 is 2.00 bits per heavy atom. The lowest BCUT2D eigenvalue weighted by molar-refractivity contribution is 0.0642. The van der Waals surface area contributed by atoms with E-state index in [1.807, 2.05) is 0 Å². The van der Waals surface area contributed by atoms with Crippen LogP contribution in [0.15, 0.2) is 18.2 Å². The largest absolute Gasteiger partial charge is 0.493 e. The summed E-state index contributed by atoms with van der Waals surface area (Å²) in [5.41, 5.74) is 0.702. The first kappa shape index (κ1) is 16.2. The third-order valence-corrected chi connectivity index (χ3v) is 2.78. The van der Waals surface area contributed by atoms with Gasteiger partial charge in [0.2, 0.25) is 0 Å². The van der Waals surface area contributed by atoms with Crippen LogP contribution in [0.25, 0.3) is 0 Å². The van der Waals surface area contributed by atoms with E-state index in [0.29, 0.717) is 42.8 Å². The van der Waals surface area contributed by atoms with Crippen molar-refractivity contribution in [2.45, 2.75) is 19.4 Å². The van der Waals surface area contributed by atoms with Gasteiger partial charge in [-0.3, -0.25) is 0 Å². The van der Waals surface area contributed by atoms with Crippen molar-refractivity contribution in [3.05, 3.63) is 28.8 Å². The van der Waals surface area contributed by atoms with E-state index >= 15 is 0 Å². The molecule has 1 N–H and O–H groups in total. The quantitative estimate of drug-likeness (QED) is 0.710. The summed E-state index contributed by atoms with van der Waals surface area (Å²) >= 11 is 5.89. The SMILES string of the molecule is COCCOCCCOc1ccc(Cl)cc1[C@@H](C)O. The van der Waals surface area contributed by atoms with Crippen molar-refractivity contribution in [1.29, 1.82) is 0 Å². The molecule has 1 atom stereocenters. The van der Waals surface area contributed by atoms with E-state index in [4.69, 9.17) is 25.8 Å². The average Bonchev–Trinajstić information content (AvgIpc) is 2.39. The molecule has 1 rings (SSSR count). The van der Waals surface area contributed by atoms with Crippen LogP contribution in [0.3, 0.4) is 0 Å². The molecule has 0 aliphatic heterocycles. The number of halogens is 1. The van der Waals surface area contributed by atoms with Gasteiger partial charge < -0.3 is 19.3 Å². The molecule has 0 saturated carbocycles. The highest BCUT2D eigenvalue weighted by Gasteiger charge is 2.09. The maximum Gasteiger partial charge on any atom is 0.125 e. The molecule has 0 unspecified atom stereocenters. The summed E-state index contributed by atoms with van der Waals surface area (Å²) < 4.78 is 15.8. The van der Waals surface area contributed by atoms with Crippen LogP contribution in [-0.4, -0.2) is 38.6 Å². The van der Waals surface area contributed by atoms with Crippen molar-refractivity contribution >= 4 is 11.6 Å². The van der Waals surface area contributed by atoms with Crippen LogP contribution in [0.5, 0.6) is 5.75 Å². The number of hydrogen-bond donors (Lipinski definition) is 1. The lowest BCUT2D eigenvalue weighted by Crippen LogP contribution is -2.08. The molecule has 0 aliphatic rings. The molecule has 108 valence electrons. The van der Waals surface area contributed by atoms with E-state index in [2.05, 4.69) is 0 Å². The molecule has 0 aromatic heterocycles. The molecule has 1 aromatic carbocycles. The molecule has 5 heteroatoms. The number of hydrogen-bond acceptors (Lipinski definition) is 4. The van der Waals surface area contributed by atoms with Crippen LogP contribution < -0.4 is 4.74 Å². The number of aliphatic hydroxyl groups excluding tert-OH is 1. The maximum absolute atomic E-state index is 9.65. The fourth-order valence-corrected chi connectivity index (χ4v) is 1.75. The van der Waals surface area contributed by atoms with Crippen molar-refractivity contribution in [3.8, 4) is 5.75 Å². The molecule has 4 nitrogen and oxygen atoms in total. The van der Waals surface area contributed by atoms with Crippen molar-refractivity contribution in [1.82, 2.24) is 0 Å². The Kier molecular flexibility index (Phi) is 7.82. The second-order valence-electron chi connectivity index (χ2n) is 4.17. The summed E-state index contributed by atoms with van der Waals surface area (Å²) in [5.74, 6) is 0.663. The summed E-state index contributed by atoms with van der Waals surface area (Å²) in [6.07, 6.45) is 0.178. The fraction of sp³-hybridized carbons (Fsp3) is 0.571. The molecule has 0 aliphatic carbocycles. The third-order valence-electron chi connectivity index (χ3n) is 2.54. The minimum absolute atomic E-state index is 0.536. The van der Waals surface area contributed by atoms with Gasteiger partial charge in [0.1, 0.15) is 5.75 Å². The van der Waals surface area contributed by atoms with Gasteiger partial charge in [-0.2, -0.15) is 0 Å². The number of methoxy groups -OCH3 is 1. The van der Waals surface area contributed by atoms with Gasteiger partial charge >= 0.3 is 0 Å². The topological polar surface area (TPSA) is 47.9 Å². The second-order valence-corrected chi connectivity index (χ2v) is 4.60. The Hall–Kier alpha value is -0.810. The smallest absolute Gasteiger partial charge is 0.125 e. The Morgan fingerprint density at radius 1 is 1.21 bits per heavy atom. The van der Waals surface area contributed by atoms with E-state index in [0.717, 1.165) is 6.42 Å². The number of benzene rings is 1. The minimum atomic E-state index is -0.605. The molecular formula is C14H21ClO4. The first-order valence-corrected chi connectivity index (χ1v) is 6.70. The summed E-state index contributed by atoms with van der Waals surface area (Å²) in [6, 6.07) is 5.24. The summed E-state index contributed by atoms with van der Waals surface area (Å²) in [7, 11) is 1.64. The van der Waals surface area contributed by atoms with Crippen LogP contribution in [0.1, 0.15) is 25.0 Å². The molecule has 0 saturated heterocycles. The average molecular weight is 289 g/mol. The Balaban J connectivity index is 2.33. The fourth-order valence-electron chi connectivity index (χ4n) is 1.56. The molecule has 19 heavy (non-hydrogen) atoms. The lowest BCUT2D eigenvalue weighted by atomic mass is 10.1. The van der Waals surface area contributed by atoms with Crippen molar-refractivity contribution in [2.24, 2.45) is 0 Å². The van der Waals surface area contributed by atoms with Crippen LogP contribution in [0.4, 0.5) is 0 Å². The number of ether oxygens (including phenoxy) is 3. The predicted octanol–water partition coefficient (Wildman–Crippen LogP) is 2.83. The lowest BCUT2D eigenvalue weighted by Gasteiger charge is -2.13. The first-order valence-electron chi connectivity index (χ1n) is 6.32. The molecule has 0 radical (unpaired) electrons. The van der Waals surface area contributed by atoms with Crippen LogP contribution in [0, 0.1) is 0 Å². The molecular weight excluding hydrogens is 268 g/mol. The minimum Gasteiger partial charge on any atom is -0.493 e. The number of aliphatic hydroxyl groups is 1. The first-order chi connectivity index (χ1) is 9.15. The Labute approximate surface area is 119 Å². The predicted molar refractivity (Wildman–Crippen MR) is 74.9 cm³/mol. The van der Waals surface area contributed by atoms with Crippen LogP contribution in [0.2, 0.25) is 5.02 Å². The Bertz CT molecular complexity index is 368. The van der Waals surface area contributed by atoms with E-state index in [1.165, 1.54) is 0 Å². The van der Waals surface area contributed by atoms with E-state index in [-0.39, 0.29) is 0 Å². The van der Waals surface area contributed by atoms with Gasteiger partial charge in [-0.1, -0.05) is 11.6 Å². The second kappa shape index (κ2) is 9.15. The van der Waals surface area contributed by atoms with Crippen molar-refractivity contribution < 1.29 is 19.3 Å². The van der Waals surface area contributed by atoms with Gasteiger partial charge in [0.25, 0.3) is 0 Å². The summed E-state index contributed by atoms with van der Waals surface area (Å²) in [6.45, 7) is 4.04. The van der Waals surface area contributed by atoms with Gasteiger partial charge in [-0.25, -0.2) is 0 Å². The molecule has 0 bridgehead atoms. The molecule has 0 fully saturated rings. The zero-order valence-corrected chi connectivity index (χ0v) is 12.2. The standard InChI is InChI=1S/C14H21ClO4/c1-11(16)13-10-12(15)4-5-14(13)19-7-3-6-18-9-8-17-2/h4-5,10-11,16H,3,6-9H2,1-2H3/t11-/m1/s1. The van der Waals surface area contributed by atoms with E-state index in [9.17, 15) is 5.11 Å². The highest BCUT2D eigenvalue weighted by molar-refractivity contribution is 6.30. The Morgan fingerprint density at radius 3 is 2.68 bits per heavy atom. The molecule has 1 aromatic rings. The zero-order chi connectivity index (χ0) is 14.1. The van der Waals surface area contributed by atoms with Crippen LogP contribution >= 0.6 is 11.6 Å². The molecule has 0 amide bonds. The van der Waals surface area contributed by atoms with E-state index in [1.54, 1.807) is 32.2 Å². The summed E-state index contributed by atoms with van der Waals surface area (Å²) in [4.78, 5) is 0. The summed E-state index contributed by atoms with van der Waals surface area (Å²) in [5, 5.41) is 10.2. The van der Waals surface area contributed by atoms with Crippen molar-refractivity contribution in [3.63, 3.8) is 0 Å². The van der Waals surface area contributed by atoms with E-state index < -0.39 is 6.10 Å². The normalized spacial score (nSPS) is 12.4. The van der Waals surface area contributed by atoms with Gasteiger partial charge in [0, 0.05) is 30.7 Å². The molecule has 0 heterocycles. The zero-order valence-electron chi connectivity index (χ0n) is 11.4. The maximum atomic E-state index is 9.65. The third kappa shape index (κ3) is 6.25. The molecule has 0 spiro atoms. The van der Waals surface area contributed by atoms with Gasteiger partial charge in [-0.05, 0) is 25.1 Å². The van der Waals surface area contributed by atoms with Gasteiger partial charge in [-0.15, -0.1) is 0 Å². The highest BCUT2D eigenvalue weighted by atomic mass is 35.5. The van der Waals surface area contributed by atoms with Crippen LogP contribution in [-0.2, 0) is 9.47 Å². The van der Waals surface area contributed by atoms with Crippen molar-refractivity contribution in [2.75, 3.05) is 33.5 Å². The monoisotopic (exact) mass is 288 g/mol.